The minimum Gasteiger partial charge on any atom is -0.462 e. The molecule has 0 bridgehead atoms. The third kappa shape index (κ3) is 10.0. The van der Waals surface area contributed by atoms with Gasteiger partial charge in [0.1, 0.15) is 5.58 Å². The Balaban J connectivity index is 0.00000588. The summed E-state index contributed by atoms with van der Waals surface area (Å²) >= 11 is 0. The van der Waals surface area contributed by atoms with Crippen LogP contribution in [0.1, 0.15) is 33.6 Å². The van der Waals surface area contributed by atoms with Crippen molar-refractivity contribution in [2.75, 3.05) is 0 Å². The summed E-state index contributed by atoms with van der Waals surface area (Å²) in [5, 5.41) is 2.06. The van der Waals surface area contributed by atoms with E-state index in [-0.39, 0.29) is 20.1 Å². The number of pyridine rings is 4. The summed E-state index contributed by atoms with van der Waals surface area (Å²) in [5.41, 5.74) is 22.9. The Morgan fingerprint density at radius 3 is 1.59 bits per heavy atom. The predicted molar refractivity (Wildman–Crippen MR) is 297 cm³/mol. The molecule has 12 rings (SSSR count). The number of hydrogen-bond acceptors (Lipinski definition) is 5. The van der Waals surface area contributed by atoms with E-state index in [0.717, 1.165) is 126 Å². The summed E-state index contributed by atoms with van der Waals surface area (Å²) in [6.45, 7) is 4.03. The van der Waals surface area contributed by atoms with E-state index in [1.165, 1.54) is 33.4 Å². The van der Waals surface area contributed by atoms with E-state index in [9.17, 15) is 0 Å². The molecule has 0 spiro atoms. The quantitative estimate of drug-likeness (QED) is 0.108. The molecule has 0 saturated carbocycles. The first-order valence-corrected chi connectivity index (χ1v) is 24.9. The zero-order valence-electron chi connectivity index (χ0n) is 41.1. The standard InChI is InChI=1S/C68H49N4O.Ir/c1-45-40-63-61-36-39-71-66(68(61)73-67(63)46(2)72-45)56-34-35-60(62(44-56)53-32-30-52(31-33-53)51-12-4-3-5-13-51)59-15-7-6-14-58(59)57-42-49(20-18-47-22-26-54(27-23-47)64-16-8-10-37-69-64)41-50(43-57)21-19-48-24-28-55(29-25-48)65-17-9-11-38-70-65;/h3-17,22-26,28,30-33,35-44H,18-21H2,1-2H3;/q-3;+3. The molecule has 74 heavy (non-hydrogen) atoms. The van der Waals surface area contributed by atoms with Crippen LogP contribution in [0.25, 0.3) is 100 Å². The fraction of sp³-hybridized carbons (Fsp3) is 0.0882. The van der Waals surface area contributed by atoms with Crippen molar-refractivity contribution in [2.24, 2.45) is 0 Å². The number of furan rings is 1. The van der Waals surface area contributed by atoms with E-state index in [1.54, 1.807) is 0 Å². The molecule has 6 heteroatoms. The van der Waals surface area contributed by atoms with Crippen LogP contribution in [0.4, 0.5) is 0 Å². The predicted octanol–water partition coefficient (Wildman–Crippen LogP) is 16.4. The first-order chi connectivity index (χ1) is 36.0. The van der Waals surface area contributed by atoms with Crippen LogP contribution in [0.5, 0.6) is 0 Å². The molecule has 0 fully saturated rings. The average molecular weight is 1130 g/mol. The molecule has 12 aromatic rings. The minimum atomic E-state index is 0. The van der Waals surface area contributed by atoms with Gasteiger partial charge in [0.2, 0.25) is 0 Å². The van der Waals surface area contributed by atoms with E-state index >= 15 is 0 Å². The Kier molecular flexibility index (Phi) is 13.8. The SMILES string of the molecule is Cc1cc2c(oc3c(-c4[c-]cc(-c5ccccc5-c5cc(CCc6c[c-]c(-c7ccccn7)cc6)cc(CCc6c[c-]c(-c7ccccn7)cc6)c5)c(-c5ccc(-c6ccccc6)cc5)c4)nccc32)c(C)n1.[Ir+3]. The number of aromatic nitrogens is 4. The van der Waals surface area contributed by atoms with Gasteiger partial charge in [0.05, 0.1) is 5.69 Å². The molecule has 5 heterocycles. The maximum Gasteiger partial charge on any atom is 3.00 e. The van der Waals surface area contributed by atoms with Gasteiger partial charge in [-0.05, 0) is 101 Å². The zero-order valence-corrected chi connectivity index (χ0v) is 43.5. The van der Waals surface area contributed by atoms with Crippen molar-refractivity contribution in [2.45, 2.75) is 39.5 Å². The molecule has 0 aliphatic heterocycles. The van der Waals surface area contributed by atoms with Gasteiger partial charge < -0.3 is 19.4 Å². The van der Waals surface area contributed by atoms with Gasteiger partial charge in [0, 0.05) is 40.8 Å². The summed E-state index contributed by atoms with van der Waals surface area (Å²) in [6.07, 6.45) is 9.05. The van der Waals surface area contributed by atoms with Gasteiger partial charge in [-0.2, -0.15) is 0 Å². The molecular weight excluding hydrogens is 1080 g/mol. The van der Waals surface area contributed by atoms with Gasteiger partial charge in [0.25, 0.3) is 0 Å². The fourth-order valence-corrected chi connectivity index (χ4v) is 10.1. The largest absolute Gasteiger partial charge is 3.00 e. The molecule has 356 valence electrons. The molecule has 7 aromatic carbocycles. The van der Waals surface area contributed by atoms with Crippen molar-refractivity contribution in [3.05, 3.63) is 265 Å². The van der Waals surface area contributed by atoms with Crippen molar-refractivity contribution in [1.29, 1.82) is 0 Å². The molecule has 0 amide bonds. The van der Waals surface area contributed by atoms with Crippen molar-refractivity contribution >= 4 is 21.9 Å². The Bertz CT molecular complexity index is 3790. The van der Waals surface area contributed by atoms with Gasteiger partial charge in [-0.25, -0.2) is 0 Å². The third-order valence-electron chi connectivity index (χ3n) is 13.8. The van der Waals surface area contributed by atoms with Crippen LogP contribution in [0.15, 0.2) is 217 Å². The minimum absolute atomic E-state index is 0. The van der Waals surface area contributed by atoms with Crippen molar-refractivity contribution < 1.29 is 24.5 Å². The molecule has 0 N–H and O–H groups in total. The van der Waals surface area contributed by atoms with Gasteiger partial charge in [0.15, 0.2) is 5.58 Å². The van der Waals surface area contributed by atoms with Gasteiger partial charge in [-0.1, -0.05) is 151 Å². The summed E-state index contributed by atoms with van der Waals surface area (Å²) in [7, 11) is 0. The van der Waals surface area contributed by atoms with E-state index in [1.807, 2.05) is 74.9 Å². The number of rotatable bonds is 13. The molecular formula is C68H49IrN4O. The first-order valence-electron chi connectivity index (χ1n) is 24.9. The normalized spacial score (nSPS) is 11.2. The van der Waals surface area contributed by atoms with Crippen molar-refractivity contribution in [3.8, 4) is 78.3 Å². The van der Waals surface area contributed by atoms with Crippen LogP contribution in [0.2, 0.25) is 0 Å². The maximum atomic E-state index is 6.64. The molecule has 0 saturated heterocycles. The molecule has 0 unspecified atom stereocenters. The van der Waals surface area contributed by atoms with Crippen LogP contribution in [0, 0.1) is 32.0 Å². The van der Waals surface area contributed by atoms with Gasteiger partial charge in [-0.15, -0.1) is 94.5 Å². The van der Waals surface area contributed by atoms with Gasteiger partial charge >= 0.3 is 20.1 Å². The summed E-state index contributed by atoms with van der Waals surface area (Å²) in [5.74, 6) is 0. The second-order valence-corrected chi connectivity index (χ2v) is 18.7. The number of benzene rings is 7. The van der Waals surface area contributed by atoms with Crippen LogP contribution < -0.4 is 0 Å². The van der Waals surface area contributed by atoms with Crippen LogP contribution in [-0.2, 0) is 45.8 Å². The Labute approximate surface area is 446 Å². The molecule has 0 aliphatic rings. The Morgan fingerprint density at radius 2 is 0.973 bits per heavy atom. The fourth-order valence-electron chi connectivity index (χ4n) is 10.1. The number of hydrogen-bond donors (Lipinski definition) is 0. The van der Waals surface area contributed by atoms with Crippen molar-refractivity contribution in [1.82, 2.24) is 19.9 Å². The van der Waals surface area contributed by atoms with E-state index in [4.69, 9.17) is 14.4 Å². The third-order valence-corrected chi connectivity index (χ3v) is 13.8. The second-order valence-electron chi connectivity index (χ2n) is 18.7. The monoisotopic (exact) mass is 1130 g/mol. The molecule has 5 aromatic heterocycles. The first kappa shape index (κ1) is 47.9. The summed E-state index contributed by atoms with van der Waals surface area (Å²) < 4.78 is 6.64. The Morgan fingerprint density at radius 1 is 0.392 bits per heavy atom. The maximum absolute atomic E-state index is 6.64. The summed E-state index contributed by atoms with van der Waals surface area (Å²) in [4.78, 5) is 18.8. The average Bonchev–Trinajstić information content (AvgIpc) is 3.84. The van der Waals surface area contributed by atoms with E-state index < -0.39 is 0 Å². The summed E-state index contributed by atoms with van der Waals surface area (Å²) in [6, 6.07) is 79.6. The molecule has 0 radical (unpaired) electrons. The topological polar surface area (TPSA) is 64.7 Å². The van der Waals surface area contributed by atoms with E-state index in [2.05, 4.69) is 180 Å². The van der Waals surface area contributed by atoms with Crippen LogP contribution >= 0.6 is 0 Å². The molecule has 5 nitrogen and oxygen atoms in total. The smallest absolute Gasteiger partial charge is 0.462 e. The van der Waals surface area contributed by atoms with Gasteiger partial charge in [-0.3, -0.25) is 4.98 Å². The van der Waals surface area contributed by atoms with Crippen LogP contribution in [-0.4, -0.2) is 19.9 Å². The number of aryl methyl sites for hydroxylation is 6. The van der Waals surface area contributed by atoms with E-state index in [0.29, 0.717) is 0 Å². The number of nitrogens with zero attached hydrogens (tertiary/aromatic N) is 4. The zero-order chi connectivity index (χ0) is 49.1. The molecule has 0 aliphatic carbocycles. The van der Waals surface area contributed by atoms with Crippen LogP contribution in [0.3, 0.4) is 0 Å². The second kappa shape index (κ2) is 21.4. The van der Waals surface area contributed by atoms with Crippen molar-refractivity contribution in [3.63, 3.8) is 0 Å². The molecule has 0 atom stereocenters. The Hall–Kier alpha value is -8.41. The number of fused-ring (bicyclic) bond motifs is 3.